The van der Waals surface area contributed by atoms with Crippen LogP contribution < -0.4 is 11.4 Å². The van der Waals surface area contributed by atoms with Crippen LogP contribution in [-0.2, 0) is 0 Å². The van der Waals surface area contributed by atoms with Crippen molar-refractivity contribution in [2.24, 2.45) is 0 Å². The molecule has 33 heavy (non-hydrogen) atoms. The van der Waals surface area contributed by atoms with E-state index < -0.39 is 5.69 Å². The summed E-state index contributed by atoms with van der Waals surface area (Å²) >= 11 is 15.7. The van der Waals surface area contributed by atoms with Crippen molar-refractivity contribution in [2.75, 3.05) is 5.73 Å². The summed E-state index contributed by atoms with van der Waals surface area (Å²) in [7, 11) is 0. The third-order valence-corrected chi connectivity index (χ3v) is 6.27. The van der Waals surface area contributed by atoms with Gasteiger partial charge in [0.15, 0.2) is 5.65 Å². The zero-order valence-electron chi connectivity index (χ0n) is 17.0. The number of fused-ring (bicyclic) bond motifs is 1. The van der Waals surface area contributed by atoms with Gasteiger partial charge in [0.05, 0.1) is 16.8 Å². The Kier molecular flexibility index (Phi) is 5.66. The SMILES string of the molecule is Nc1c2c(-c3ccc(Cl)cc3)cc(-c3ccc(Br)cc3)nc2nc(=O)n1-c1cccc(Cl)c1. The van der Waals surface area contributed by atoms with E-state index in [2.05, 4.69) is 25.9 Å². The fourth-order valence-corrected chi connectivity index (χ4v) is 4.29. The van der Waals surface area contributed by atoms with Gasteiger partial charge in [-0.05, 0) is 59.7 Å². The number of hydrogen-bond donors (Lipinski definition) is 1. The summed E-state index contributed by atoms with van der Waals surface area (Å²) in [6.07, 6.45) is 0. The summed E-state index contributed by atoms with van der Waals surface area (Å²) < 4.78 is 2.30. The number of hydrogen-bond acceptors (Lipinski definition) is 4. The Balaban J connectivity index is 1.86. The standard InChI is InChI=1S/C25H15BrCl2N4O/c26-16-8-4-15(5-9-16)21-13-20(14-6-10-17(27)11-7-14)22-23(29)32(25(33)31-24(22)30-21)19-3-1-2-18(28)12-19/h1-13H,29H2. The van der Waals surface area contributed by atoms with E-state index in [1.807, 2.05) is 42.5 Å². The van der Waals surface area contributed by atoms with Crippen LogP contribution in [0, 0.1) is 0 Å². The van der Waals surface area contributed by atoms with Crippen LogP contribution in [0.25, 0.3) is 39.1 Å². The van der Waals surface area contributed by atoms with Gasteiger partial charge in [-0.2, -0.15) is 4.98 Å². The van der Waals surface area contributed by atoms with Crippen molar-refractivity contribution in [1.82, 2.24) is 14.5 Å². The average Bonchev–Trinajstić information content (AvgIpc) is 2.79. The van der Waals surface area contributed by atoms with Crippen molar-refractivity contribution in [3.05, 3.63) is 104 Å². The number of rotatable bonds is 3. The molecule has 162 valence electrons. The third-order valence-electron chi connectivity index (χ3n) is 5.25. The maximum Gasteiger partial charge on any atom is 0.355 e. The molecule has 0 fully saturated rings. The van der Waals surface area contributed by atoms with E-state index in [1.165, 1.54) is 4.57 Å². The molecular formula is C25H15BrCl2N4O. The molecule has 0 amide bonds. The molecule has 0 spiro atoms. The molecule has 5 aromatic rings. The van der Waals surface area contributed by atoms with Crippen LogP contribution in [0.4, 0.5) is 5.82 Å². The minimum atomic E-state index is -0.537. The van der Waals surface area contributed by atoms with Crippen molar-refractivity contribution in [3.63, 3.8) is 0 Å². The number of nitrogens with two attached hydrogens (primary N) is 1. The summed E-state index contributed by atoms with van der Waals surface area (Å²) in [6, 6.07) is 24.0. The predicted molar refractivity (Wildman–Crippen MR) is 138 cm³/mol. The van der Waals surface area contributed by atoms with Gasteiger partial charge in [-0.1, -0.05) is 69.5 Å². The summed E-state index contributed by atoms with van der Waals surface area (Å²) in [4.78, 5) is 22.0. The molecule has 0 aliphatic carbocycles. The number of aromatic nitrogens is 3. The van der Waals surface area contributed by atoms with E-state index in [9.17, 15) is 4.79 Å². The first-order chi connectivity index (χ1) is 15.9. The van der Waals surface area contributed by atoms with Crippen LogP contribution in [-0.4, -0.2) is 14.5 Å². The van der Waals surface area contributed by atoms with Gasteiger partial charge in [-0.25, -0.2) is 14.3 Å². The molecule has 0 saturated heterocycles. The van der Waals surface area contributed by atoms with Gasteiger partial charge in [0, 0.05) is 20.1 Å². The second-order valence-corrected chi connectivity index (χ2v) is 9.15. The molecule has 0 unspecified atom stereocenters. The summed E-state index contributed by atoms with van der Waals surface area (Å²) in [5.74, 6) is 0.229. The van der Waals surface area contributed by atoms with Crippen LogP contribution in [0.2, 0.25) is 10.0 Å². The first-order valence-corrected chi connectivity index (χ1v) is 11.5. The Labute approximate surface area is 207 Å². The van der Waals surface area contributed by atoms with Gasteiger partial charge in [0.2, 0.25) is 0 Å². The van der Waals surface area contributed by atoms with Crippen LogP contribution in [0.5, 0.6) is 0 Å². The molecule has 2 heterocycles. The second-order valence-electron chi connectivity index (χ2n) is 7.36. The Morgan fingerprint density at radius 2 is 1.52 bits per heavy atom. The van der Waals surface area contributed by atoms with E-state index in [0.29, 0.717) is 26.8 Å². The molecule has 2 aromatic heterocycles. The van der Waals surface area contributed by atoms with Gasteiger partial charge in [-0.3, -0.25) is 0 Å². The summed E-state index contributed by atoms with van der Waals surface area (Å²) in [5, 5.41) is 1.67. The Bertz CT molecular complexity index is 1570. The van der Waals surface area contributed by atoms with Gasteiger partial charge < -0.3 is 5.73 Å². The van der Waals surface area contributed by atoms with Gasteiger partial charge >= 0.3 is 5.69 Å². The van der Waals surface area contributed by atoms with Crippen LogP contribution in [0.15, 0.2) is 88.1 Å². The molecule has 8 heteroatoms. The number of benzene rings is 3. The van der Waals surface area contributed by atoms with Crippen molar-refractivity contribution < 1.29 is 0 Å². The molecular weight excluding hydrogens is 523 g/mol. The number of nitrogens with zero attached hydrogens (tertiary/aromatic N) is 3. The Morgan fingerprint density at radius 3 is 2.21 bits per heavy atom. The minimum absolute atomic E-state index is 0.229. The summed E-state index contributed by atoms with van der Waals surface area (Å²) in [5.41, 5.74) is 10.1. The highest BCUT2D eigenvalue weighted by Crippen LogP contribution is 2.35. The normalized spacial score (nSPS) is 11.1. The zero-order valence-corrected chi connectivity index (χ0v) is 20.1. The molecule has 3 aromatic carbocycles. The molecule has 0 atom stereocenters. The predicted octanol–water partition coefficient (Wildman–Crippen LogP) is 6.77. The van der Waals surface area contributed by atoms with Crippen molar-refractivity contribution in [1.29, 1.82) is 0 Å². The molecule has 0 radical (unpaired) electrons. The third kappa shape index (κ3) is 4.13. The number of anilines is 1. The fourth-order valence-electron chi connectivity index (χ4n) is 3.71. The second kappa shape index (κ2) is 8.63. The van der Waals surface area contributed by atoms with E-state index in [1.54, 1.807) is 36.4 Å². The van der Waals surface area contributed by atoms with E-state index in [-0.39, 0.29) is 11.5 Å². The fraction of sp³-hybridized carbons (Fsp3) is 0. The van der Waals surface area contributed by atoms with E-state index in [4.69, 9.17) is 28.9 Å². The average molecular weight is 538 g/mol. The van der Waals surface area contributed by atoms with Crippen LogP contribution >= 0.6 is 39.1 Å². The lowest BCUT2D eigenvalue weighted by molar-refractivity contribution is 0.944. The van der Waals surface area contributed by atoms with Crippen LogP contribution in [0.3, 0.4) is 0 Å². The van der Waals surface area contributed by atoms with Crippen molar-refractivity contribution >= 4 is 56.0 Å². The van der Waals surface area contributed by atoms with Crippen molar-refractivity contribution in [3.8, 4) is 28.1 Å². The summed E-state index contributed by atoms with van der Waals surface area (Å²) in [6.45, 7) is 0. The minimum Gasteiger partial charge on any atom is -0.384 e. The molecule has 0 aliphatic rings. The van der Waals surface area contributed by atoms with Crippen molar-refractivity contribution in [2.45, 2.75) is 0 Å². The smallest absolute Gasteiger partial charge is 0.355 e. The lowest BCUT2D eigenvalue weighted by atomic mass is 9.99. The number of pyridine rings is 1. The maximum atomic E-state index is 13.0. The maximum absolute atomic E-state index is 13.0. The Hall–Kier alpha value is -3.19. The lowest BCUT2D eigenvalue weighted by Crippen LogP contribution is -2.25. The zero-order chi connectivity index (χ0) is 23.1. The molecule has 0 saturated carbocycles. The highest BCUT2D eigenvalue weighted by Gasteiger charge is 2.18. The molecule has 5 rings (SSSR count). The monoisotopic (exact) mass is 536 g/mol. The molecule has 0 aliphatic heterocycles. The highest BCUT2D eigenvalue weighted by molar-refractivity contribution is 9.10. The van der Waals surface area contributed by atoms with E-state index in [0.717, 1.165) is 21.2 Å². The van der Waals surface area contributed by atoms with Gasteiger partial charge in [0.25, 0.3) is 0 Å². The van der Waals surface area contributed by atoms with Gasteiger partial charge in [0.1, 0.15) is 5.82 Å². The first kappa shape index (κ1) is 21.6. The lowest BCUT2D eigenvalue weighted by Gasteiger charge is -2.16. The largest absolute Gasteiger partial charge is 0.384 e. The molecule has 0 bridgehead atoms. The number of halogens is 3. The highest BCUT2D eigenvalue weighted by atomic mass is 79.9. The Morgan fingerprint density at radius 1 is 0.818 bits per heavy atom. The topological polar surface area (TPSA) is 73.8 Å². The molecule has 2 N–H and O–H groups in total. The quantitative estimate of drug-likeness (QED) is 0.275. The van der Waals surface area contributed by atoms with Gasteiger partial charge in [-0.15, -0.1) is 0 Å². The number of nitrogen functional groups attached to an aromatic ring is 1. The first-order valence-electron chi connectivity index (χ1n) is 9.92. The van der Waals surface area contributed by atoms with Crippen LogP contribution in [0.1, 0.15) is 0 Å². The molecule has 5 nitrogen and oxygen atoms in total. The van der Waals surface area contributed by atoms with E-state index >= 15 is 0 Å².